The molecule has 0 radical (unpaired) electrons. The number of halogens is 1. The summed E-state index contributed by atoms with van der Waals surface area (Å²) >= 11 is 1.47. The van der Waals surface area contributed by atoms with Gasteiger partial charge >= 0.3 is 0 Å². The number of aliphatic imine (C=N–C) groups is 1. The lowest BCUT2D eigenvalue weighted by Crippen LogP contribution is -2.30. The van der Waals surface area contributed by atoms with Crippen molar-refractivity contribution in [3.8, 4) is 0 Å². The second-order valence-corrected chi connectivity index (χ2v) is 8.41. The number of fused-ring (bicyclic) bond motifs is 1. The summed E-state index contributed by atoms with van der Waals surface area (Å²) in [5.41, 5.74) is 7.84. The van der Waals surface area contributed by atoms with Crippen LogP contribution in [0.5, 0.6) is 0 Å². The number of hydrogen-bond acceptors (Lipinski definition) is 5. The molecule has 4 rings (SSSR count). The van der Waals surface area contributed by atoms with Gasteiger partial charge in [0.2, 0.25) is 5.91 Å². The summed E-state index contributed by atoms with van der Waals surface area (Å²) in [6.45, 7) is 3.86. The average Bonchev–Trinajstić information content (AvgIpc) is 2.98. The summed E-state index contributed by atoms with van der Waals surface area (Å²) in [6, 6.07) is 12.3. The number of hydrogen-bond donors (Lipinski definition) is 2. The molecule has 3 N–H and O–H groups in total. The van der Waals surface area contributed by atoms with Crippen molar-refractivity contribution in [3.63, 3.8) is 0 Å². The lowest BCUT2D eigenvalue weighted by atomic mass is 9.89. The number of aryl methyl sites for hydroxylation is 1. The van der Waals surface area contributed by atoms with Crippen LogP contribution in [0.15, 0.2) is 47.5 Å². The molecule has 0 aliphatic carbocycles. The Labute approximate surface area is 172 Å². The molecule has 1 aliphatic rings. The number of thioether (sulfide) groups is 1. The van der Waals surface area contributed by atoms with E-state index in [4.69, 9.17) is 5.73 Å². The molecule has 1 aromatic heterocycles. The minimum Gasteiger partial charge on any atom is -0.379 e. The Morgan fingerprint density at radius 2 is 2.14 bits per heavy atom. The number of carbonyl (C=O) groups is 1. The number of nitrogens with two attached hydrogens (primary N) is 1. The average molecular weight is 412 g/mol. The molecule has 0 saturated carbocycles. The van der Waals surface area contributed by atoms with Gasteiger partial charge in [-0.25, -0.2) is 9.37 Å². The summed E-state index contributed by atoms with van der Waals surface area (Å²) in [4.78, 5) is 21.6. The van der Waals surface area contributed by atoms with Crippen molar-refractivity contribution < 1.29 is 9.18 Å². The number of rotatable bonds is 4. The minimum absolute atomic E-state index is 0.123. The van der Waals surface area contributed by atoms with Crippen LogP contribution in [0.4, 0.5) is 10.1 Å². The second-order valence-electron chi connectivity index (χ2n) is 7.30. The summed E-state index contributed by atoms with van der Waals surface area (Å²) in [5.74, 6) is 0.972. The van der Waals surface area contributed by atoms with Crippen molar-refractivity contribution in [3.05, 3.63) is 59.7 Å². The maximum atomic E-state index is 14.6. The monoisotopic (exact) mass is 411 g/mol. The molecule has 0 saturated heterocycles. The van der Waals surface area contributed by atoms with Crippen LogP contribution in [0.1, 0.15) is 24.7 Å². The first-order valence-corrected chi connectivity index (χ1v) is 10.3. The Hall–Kier alpha value is -2.87. The molecule has 0 spiro atoms. The van der Waals surface area contributed by atoms with E-state index in [1.54, 1.807) is 12.1 Å². The highest BCUT2D eigenvalue weighted by Crippen LogP contribution is 2.37. The van der Waals surface area contributed by atoms with Crippen LogP contribution in [-0.2, 0) is 16.9 Å². The molecule has 0 fully saturated rings. The van der Waals surface area contributed by atoms with Crippen LogP contribution >= 0.6 is 11.8 Å². The number of nitrogens with zero attached hydrogens (tertiary/aromatic N) is 3. The van der Waals surface area contributed by atoms with Gasteiger partial charge in [-0.15, -0.1) is 0 Å². The first kappa shape index (κ1) is 19.4. The van der Waals surface area contributed by atoms with E-state index in [0.29, 0.717) is 22.8 Å². The lowest BCUT2D eigenvalue weighted by molar-refractivity contribution is -0.116. The van der Waals surface area contributed by atoms with Crippen molar-refractivity contribution in [2.24, 2.45) is 10.7 Å². The van der Waals surface area contributed by atoms with E-state index >= 15 is 0 Å². The molecule has 2 heterocycles. The van der Waals surface area contributed by atoms with Crippen LogP contribution in [0.3, 0.4) is 0 Å². The Morgan fingerprint density at radius 3 is 2.93 bits per heavy atom. The standard InChI is InChI=1S/C21H22FN5OS/c1-13-24-17-5-3-4-6-18(17)27(13)12-19(28)25-14-7-8-16(22)15(11-14)21(2)9-10-29-20(23)26-21/h3-8,11H,9-10,12H2,1-2H3,(H2,23,26)(H,25,28). The van der Waals surface area contributed by atoms with Gasteiger partial charge in [0.25, 0.3) is 0 Å². The van der Waals surface area contributed by atoms with Crippen LogP contribution in [-0.4, -0.2) is 26.4 Å². The van der Waals surface area contributed by atoms with Gasteiger partial charge in [0.05, 0.1) is 16.6 Å². The Bertz CT molecular complexity index is 1130. The summed E-state index contributed by atoms with van der Waals surface area (Å²) in [7, 11) is 0. The number of nitrogens with one attached hydrogen (secondary N) is 1. The number of imidazole rings is 1. The zero-order chi connectivity index (χ0) is 20.6. The normalized spacial score (nSPS) is 19.2. The number of amidine groups is 1. The van der Waals surface area contributed by atoms with Gasteiger partial charge in [0, 0.05) is 17.0 Å². The maximum absolute atomic E-state index is 14.6. The van der Waals surface area contributed by atoms with Crippen molar-refractivity contribution in [2.45, 2.75) is 32.4 Å². The van der Waals surface area contributed by atoms with E-state index in [-0.39, 0.29) is 18.3 Å². The first-order valence-electron chi connectivity index (χ1n) is 9.35. The third kappa shape index (κ3) is 3.85. The van der Waals surface area contributed by atoms with Gasteiger partial charge in [-0.05, 0) is 50.6 Å². The van der Waals surface area contributed by atoms with Crippen molar-refractivity contribution in [1.29, 1.82) is 0 Å². The highest BCUT2D eigenvalue weighted by molar-refractivity contribution is 8.13. The Morgan fingerprint density at radius 1 is 1.34 bits per heavy atom. The Kier molecular flexibility index (Phi) is 5.04. The van der Waals surface area contributed by atoms with Gasteiger partial charge in [0.15, 0.2) is 5.17 Å². The molecule has 3 aromatic rings. The third-order valence-electron chi connectivity index (χ3n) is 5.17. The maximum Gasteiger partial charge on any atom is 0.244 e. The molecule has 1 amide bonds. The minimum atomic E-state index is -0.739. The third-order valence-corrected chi connectivity index (χ3v) is 5.97. The highest BCUT2D eigenvalue weighted by atomic mass is 32.2. The smallest absolute Gasteiger partial charge is 0.244 e. The second kappa shape index (κ2) is 7.51. The molecular weight excluding hydrogens is 389 g/mol. The van der Waals surface area contributed by atoms with Gasteiger partial charge < -0.3 is 15.6 Å². The molecule has 150 valence electrons. The van der Waals surface area contributed by atoms with Crippen molar-refractivity contribution >= 4 is 39.6 Å². The van der Waals surface area contributed by atoms with E-state index in [9.17, 15) is 9.18 Å². The van der Waals surface area contributed by atoms with Crippen LogP contribution < -0.4 is 11.1 Å². The van der Waals surface area contributed by atoms with E-state index < -0.39 is 5.54 Å². The topological polar surface area (TPSA) is 85.3 Å². The summed E-state index contributed by atoms with van der Waals surface area (Å²) < 4.78 is 16.4. The molecular formula is C21H22FN5OS. The predicted molar refractivity (Wildman–Crippen MR) is 116 cm³/mol. The molecule has 6 nitrogen and oxygen atoms in total. The molecule has 1 aliphatic heterocycles. The molecule has 1 unspecified atom stereocenters. The highest BCUT2D eigenvalue weighted by Gasteiger charge is 2.32. The van der Waals surface area contributed by atoms with E-state index in [0.717, 1.165) is 22.6 Å². The Balaban J connectivity index is 1.57. The van der Waals surface area contributed by atoms with Crippen LogP contribution in [0.25, 0.3) is 11.0 Å². The molecule has 0 bridgehead atoms. The van der Waals surface area contributed by atoms with Gasteiger partial charge in [-0.1, -0.05) is 23.9 Å². The number of aromatic nitrogens is 2. The van der Waals surface area contributed by atoms with E-state index in [1.165, 1.54) is 17.8 Å². The molecule has 1 atom stereocenters. The van der Waals surface area contributed by atoms with Crippen LogP contribution in [0.2, 0.25) is 0 Å². The predicted octanol–water partition coefficient (Wildman–Crippen LogP) is 3.79. The van der Waals surface area contributed by atoms with E-state index in [1.807, 2.05) is 42.7 Å². The quantitative estimate of drug-likeness (QED) is 0.684. The SMILES string of the molecule is Cc1nc2ccccc2n1CC(=O)Nc1ccc(F)c(C2(C)CCSC(N)=N2)c1. The molecule has 29 heavy (non-hydrogen) atoms. The van der Waals surface area contributed by atoms with Crippen molar-refractivity contribution in [1.82, 2.24) is 9.55 Å². The number of amides is 1. The van der Waals surface area contributed by atoms with Gasteiger partial charge in [-0.2, -0.15) is 0 Å². The zero-order valence-corrected chi connectivity index (χ0v) is 17.1. The fourth-order valence-electron chi connectivity index (χ4n) is 3.64. The largest absolute Gasteiger partial charge is 0.379 e. The van der Waals surface area contributed by atoms with Gasteiger partial charge in [-0.3, -0.25) is 9.79 Å². The number of benzene rings is 2. The zero-order valence-electron chi connectivity index (χ0n) is 16.3. The van der Waals surface area contributed by atoms with Crippen LogP contribution in [0, 0.1) is 12.7 Å². The summed E-state index contributed by atoms with van der Waals surface area (Å²) in [6.07, 6.45) is 0.674. The number of anilines is 1. The lowest BCUT2D eigenvalue weighted by Gasteiger charge is -2.30. The number of carbonyl (C=O) groups excluding carboxylic acids is 1. The molecule has 8 heteroatoms. The fourth-order valence-corrected chi connectivity index (χ4v) is 4.61. The van der Waals surface area contributed by atoms with Gasteiger partial charge in [0.1, 0.15) is 18.2 Å². The number of para-hydroxylation sites is 2. The van der Waals surface area contributed by atoms with Crippen molar-refractivity contribution in [2.75, 3.05) is 11.1 Å². The summed E-state index contributed by atoms with van der Waals surface area (Å²) in [5, 5.41) is 3.32. The van der Waals surface area contributed by atoms with E-state index in [2.05, 4.69) is 15.3 Å². The fraction of sp³-hybridized carbons (Fsp3) is 0.286. The molecule has 2 aromatic carbocycles. The first-order chi connectivity index (χ1) is 13.9.